The Bertz CT molecular complexity index is 412. The van der Waals surface area contributed by atoms with E-state index in [9.17, 15) is 4.79 Å². The quantitative estimate of drug-likeness (QED) is 0.604. The number of carbonyl (C=O) groups excluding carboxylic acids is 1. The Kier molecular flexibility index (Phi) is 3.43. The van der Waals surface area contributed by atoms with Crippen LogP contribution in [0.1, 0.15) is 16.7 Å². The Morgan fingerprint density at radius 1 is 1.71 bits per heavy atom. The van der Waals surface area contributed by atoms with E-state index in [0.29, 0.717) is 0 Å². The molecule has 0 radical (unpaired) electrons. The molecule has 0 atom stereocenters. The molecule has 0 fully saturated rings. The smallest absolute Gasteiger partial charge is 0.259 e. The number of carbonyl (C=O) groups is 1. The van der Waals surface area contributed by atoms with Crippen LogP contribution in [0.2, 0.25) is 0 Å². The molecule has 1 rings (SSSR count). The van der Waals surface area contributed by atoms with Gasteiger partial charge in [0.2, 0.25) is 0 Å². The summed E-state index contributed by atoms with van der Waals surface area (Å²) in [6.07, 6.45) is 2.48. The molecule has 0 bridgehead atoms. The minimum Gasteiger partial charge on any atom is -0.365 e. The topological polar surface area (TPSA) is 66.9 Å². The lowest BCUT2D eigenvalue weighted by Gasteiger charge is -1.89. The lowest BCUT2D eigenvalue weighted by Crippen LogP contribution is -2.12. The van der Waals surface area contributed by atoms with Crippen molar-refractivity contribution in [1.29, 1.82) is 5.26 Å². The summed E-state index contributed by atoms with van der Waals surface area (Å²) >= 11 is 1.56. The largest absolute Gasteiger partial charge is 0.365 e. The van der Waals surface area contributed by atoms with E-state index in [1.54, 1.807) is 17.4 Å². The summed E-state index contributed by atoms with van der Waals surface area (Å²) in [6.45, 7) is 2.05. The molecular formula is C10H10N2OS. The van der Waals surface area contributed by atoms with Crippen molar-refractivity contribution in [3.8, 4) is 6.07 Å². The van der Waals surface area contributed by atoms with Crippen LogP contribution in [-0.2, 0) is 11.2 Å². The van der Waals surface area contributed by atoms with Gasteiger partial charge in [0.25, 0.3) is 5.91 Å². The molecule has 0 spiro atoms. The lowest BCUT2D eigenvalue weighted by molar-refractivity contribution is -0.114. The highest BCUT2D eigenvalue weighted by atomic mass is 32.1. The highest BCUT2D eigenvalue weighted by Crippen LogP contribution is 2.19. The molecule has 0 aliphatic rings. The summed E-state index contributed by atoms with van der Waals surface area (Å²) in [6, 6.07) is 5.63. The number of primary amides is 1. The maximum atomic E-state index is 10.7. The van der Waals surface area contributed by atoms with Gasteiger partial charge in [-0.25, -0.2) is 0 Å². The third-order valence-electron chi connectivity index (χ3n) is 1.70. The SMILES string of the molecule is CCc1ccc(/C=C(/C#N)C(N)=O)s1. The molecule has 0 aliphatic carbocycles. The maximum absolute atomic E-state index is 10.7. The summed E-state index contributed by atoms with van der Waals surface area (Å²) in [5.74, 6) is -0.682. The first-order valence-corrected chi connectivity index (χ1v) is 4.99. The zero-order chi connectivity index (χ0) is 10.6. The summed E-state index contributed by atoms with van der Waals surface area (Å²) in [7, 11) is 0. The molecule has 2 N–H and O–H groups in total. The molecule has 1 aromatic heterocycles. The predicted molar refractivity (Wildman–Crippen MR) is 56.5 cm³/mol. The van der Waals surface area contributed by atoms with Crippen LogP contribution in [0.4, 0.5) is 0 Å². The van der Waals surface area contributed by atoms with Crippen molar-refractivity contribution >= 4 is 23.3 Å². The molecule has 1 amide bonds. The highest BCUT2D eigenvalue weighted by Gasteiger charge is 2.04. The van der Waals surface area contributed by atoms with Crippen molar-refractivity contribution < 1.29 is 4.79 Å². The Morgan fingerprint density at radius 3 is 2.86 bits per heavy atom. The number of thiophene rings is 1. The third-order valence-corrected chi connectivity index (χ3v) is 2.88. The fourth-order valence-electron chi connectivity index (χ4n) is 0.963. The van der Waals surface area contributed by atoms with Crippen LogP contribution in [0.3, 0.4) is 0 Å². The molecule has 1 heterocycles. The van der Waals surface area contributed by atoms with Crippen LogP contribution in [0.15, 0.2) is 17.7 Å². The molecule has 72 valence electrons. The van der Waals surface area contributed by atoms with Gasteiger partial charge >= 0.3 is 0 Å². The van der Waals surface area contributed by atoms with E-state index in [0.717, 1.165) is 11.3 Å². The second-order valence-corrected chi connectivity index (χ2v) is 3.89. The van der Waals surface area contributed by atoms with Crippen LogP contribution < -0.4 is 5.73 Å². The van der Waals surface area contributed by atoms with Crippen molar-refractivity contribution in [3.05, 3.63) is 27.5 Å². The molecule has 14 heavy (non-hydrogen) atoms. The second kappa shape index (κ2) is 4.58. The van der Waals surface area contributed by atoms with Crippen LogP contribution in [0, 0.1) is 11.3 Å². The van der Waals surface area contributed by atoms with E-state index in [1.807, 2.05) is 12.1 Å². The van der Waals surface area contributed by atoms with Crippen LogP contribution in [0.5, 0.6) is 0 Å². The molecule has 0 saturated carbocycles. The van der Waals surface area contributed by atoms with Gasteiger partial charge in [-0.2, -0.15) is 5.26 Å². The zero-order valence-electron chi connectivity index (χ0n) is 7.78. The van der Waals surface area contributed by atoms with Gasteiger partial charge in [-0.05, 0) is 24.6 Å². The minimum atomic E-state index is -0.682. The standard InChI is InChI=1S/C10H10N2OS/c1-2-8-3-4-9(14-8)5-7(6-11)10(12)13/h3-5H,2H2,1H3,(H2,12,13)/b7-5-. The fourth-order valence-corrected chi connectivity index (χ4v) is 1.86. The predicted octanol–water partition coefficient (Wildman–Crippen LogP) is 1.70. The number of hydrogen-bond donors (Lipinski definition) is 1. The minimum absolute atomic E-state index is 0.00509. The van der Waals surface area contributed by atoms with Crippen molar-refractivity contribution in [2.24, 2.45) is 5.73 Å². The Morgan fingerprint density at radius 2 is 2.43 bits per heavy atom. The average Bonchev–Trinajstić information content (AvgIpc) is 2.61. The summed E-state index contributed by atoms with van der Waals surface area (Å²) in [4.78, 5) is 12.9. The molecule has 0 aromatic carbocycles. The van der Waals surface area contributed by atoms with E-state index >= 15 is 0 Å². The first-order valence-electron chi connectivity index (χ1n) is 4.17. The van der Waals surface area contributed by atoms with Gasteiger partial charge in [0.05, 0.1) is 0 Å². The third kappa shape index (κ3) is 2.44. The number of nitrogens with zero attached hydrogens (tertiary/aromatic N) is 1. The number of nitrogens with two attached hydrogens (primary N) is 1. The highest BCUT2D eigenvalue weighted by molar-refractivity contribution is 7.12. The number of nitriles is 1. The molecule has 4 heteroatoms. The Hall–Kier alpha value is -1.60. The monoisotopic (exact) mass is 206 g/mol. The first kappa shape index (κ1) is 10.5. The average molecular weight is 206 g/mol. The lowest BCUT2D eigenvalue weighted by atomic mass is 10.2. The number of amides is 1. The summed E-state index contributed by atoms with van der Waals surface area (Å²) in [5, 5.41) is 8.61. The zero-order valence-corrected chi connectivity index (χ0v) is 8.60. The van der Waals surface area contributed by atoms with Crippen molar-refractivity contribution in [3.63, 3.8) is 0 Å². The maximum Gasteiger partial charge on any atom is 0.259 e. The fraction of sp³-hybridized carbons (Fsp3) is 0.200. The van der Waals surface area contributed by atoms with E-state index in [1.165, 1.54) is 11.0 Å². The molecular weight excluding hydrogens is 196 g/mol. The van der Waals surface area contributed by atoms with E-state index < -0.39 is 5.91 Å². The summed E-state index contributed by atoms with van der Waals surface area (Å²) in [5.41, 5.74) is 5.00. The molecule has 0 aliphatic heterocycles. The van der Waals surface area contributed by atoms with Gasteiger partial charge in [-0.15, -0.1) is 11.3 Å². The van der Waals surface area contributed by atoms with E-state index in [2.05, 4.69) is 6.92 Å². The van der Waals surface area contributed by atoms with E-state index in [-0.39, 0.29) is 5.57 Å². The number of hydrogen-bond acceptors (Lipinski definition) is 3. The van der Waals surface area contributed by atoms with Crippen molar-refractivity contribution in [1.82, 2.24) is 0 Å². The molecule has 0 saturated heterocycles. The van der Waals surface area contributed by atoms with Crippen molar-refractivity contribution in [2.45, 2.75) is 13.3 Å². The van der Waals surface area contributed by atoms with Crippen LogP contribution in [0.25, 0.3) is 6.08 Å². The van der Waals surface area contributed by atoms with Crippen LogP contribution >= 0.6 is 11.3 Å². The number of rotatable bonds is 3. The number of aryl methyl sites for hydroxylation is 1. The van der Waals surface area contributed by atoms with Crippen LogP contribution in [-0.4, -0.2) is 5.91 Å². The van der Waals surface area contributed by atoms with Gasteiger partial charge in [0.1, 0.15) is 11.6 Å². The van der Waals surface area contributed by atoms with Gasteiger partial charge in [-0.3, -0.25) is 4.79 Å². The second-order valence-electron chi connectivity index (χ2n) is 2.69. The Balaban J connectivity index is 2.96. The molecule has 1 aromatic rings. The summed E-state index contributed by atoms with van der Waals surface area (Å²) < 4.78 is 0. The van der Waals surface area contributed by atoms with Crippen molar-refractivity contribution in [2.75, 3.05) is 0 Å². The molecule has 0 unspecified atom stereocenters. The van der Waals surface area contributed by atoms with Gasteiger partial charge in [0.15, 0.2) is 0 Å². The Labute approximate surface area is 86.5 Å². The molecule has 3 nitrogen and oxygen atoms in total. The van der Waals surface area contributed by atoms with Gasteiger partial charge in [0, 0.05) is 9.75 Å². The van der Waals surface area contributed by atoms with E-state index in [4.69, 9.17) is 11.0 Å². The van der Waals surface area contributed by atoms with Gasteiger partial charge in [-0.1, -0.05) is 6.92 Å². The normalized spacial score (nSPS) is 11.0. The van der Waals surface area contributed by atoms with Gasteiger partial charge < -0.3 is 5.73 Å². The first-order chi connectivity index (χ1) is 6.67.